The largest absolute Gasteiger partial charge is 0.496 e. The normalized spacial score (nSPS) is 10.1. The first-order chi connectivity index (χ1) is 8.19. The highest BCUT2D eigenvalue weighted by Crippen LogP contribution is 2.35. The Balaban J connectivity index is 2.53. The number of hydrogen-bond donors (Lipinski definition) is 1. The average Bonchev–Trinajstić information content (AvgIpc) is 2.32. The van der Waals surface area contributed by atoms with Crippen molar-refractivity contribution < 1.29 is 9.47 Å². The van der Waals surface area contributed by atoms with Crippen LogP contribution in [0.2, 0.25) is 0 Å². The van der Waals surface area contributed by atoms with Crippen LogP contribution in [0.1, 0.15) is 0 Å². The van der Waals surface area contributed by atoms with Crippen LogP contribution < -0.4 is 14.8 Å². The summed E-state index contributed by atoms with van der Waals surface area (Å²) in [4.78, 5) is 0. The van der Waals surface area contributed by atoms with Gasteiger partial charge >= 0.3 is 0 Å². The molecular weight excluding hydrogens is 350 g/mol. The number of rotatable bonds is 7. The highest BCUT2D eigenvalue weighted by atomic mass is 79.9. The predicted octanol–water partition coefficient (Wildman–Crippen LogP) is 3.37. The third-order valence-electron chi connectivity index (χ3n) is 2.03. The minimum absolute atomic E-state index is 0.602. The number of ether oxygens (including phenoxy) is 2. The zero-order valence-corrected chi connectivity index (χ0v) is 12.8. The van der Waals surface area contributed by atoms with Crippen molar-refractivity contribution >= 4 is 31.9 Å². The van der Waals surface area contributed by atoms with Crippen LogP contribution in [-0.4, -0.2) is 26.8 Å². The van der Waals surface area contributed by atoms with E-state index in [1.807, 2.05) is 18.2 Å². The first-order valence-electron chi connectivity index (χ1n) is 5.16. The molecule has 0 unspecified atom stereocenters. The second kappa shape index (κ2) is 7.74. The van der Waals surface area contributed by atoms with Crippen LogP contribution in [0, 0.1) is 0 Å². The van der Waals surface area contributed by atoms with Crippen LogP contribution in [0.3, 0.4) is 0 Å². The fourth-order valence-electron chi connectivity index (χ4n) is 1.21. The molecule has 1 aromatic carbocycles. The molecule has 0 aliphatic carbocycles. The number of benzene rings is 1. The first kappa shape index (κ1) is 14.5. The first-order valence-corrected chi connectivity index (χ1v) is 6.75. The summed E-state index contributed by atoms with van der Waals surface area (Å²) in [6.07, 6.45) is 1.82. The van der Waals surface area contributed by atoms with Gasteiger partial charge in [-0.3, -0.25) is 0 Å². The van der Waals surface area contributed by atoms with Gasteiger partial charge in [0.05, 0.1) is 16.1 Å². The average molecular weight is 365 g/mol. The number of hydrogen-bond acceptors (Lipinski definition) is 3. The summed E-state index contributed by atoms with van der Waals surface area (Å²) in [6, 6.07) is 3.76. The lowest BCUT2D eigenvalue weighted by Crippen LogP contribution is -2.20. The minimum Gasteiger partial charge on any atom is -0.496 e. The molecule has 0 aliphatic rings. The van der Waals surface area contributed by atoms with Crippen molar-refractivity contribution in [1.82, 2.24) is 5.32 Å². The summed E-state index contributed by atoms with van der Waals surface area (Å²) in [5, 5.41) is 3.17. The monoisotopic (exact) mass is 363 g/mol. The van der Waals surface area contributed by atoms with Gasteiger partial charge in [-0.05, 0) is 44.0 Å². The molecule has 0 saturated heterocycles. The molecular formula is C12H15Br2NO2. The standard InChI is InChI=1S/C12H15Br2NO2/c1-3-4-15-5-6-17-12-8-9(13)11(16-2)7-10(12)14/h3,7-8,15H,1,4-6H2,2H3. The van der Waals surface area contributed by atoms with Crippen LogP contribution in [0.15, 0.2) is 33.7 Å². The van der Waals surface area contributed by atoms with Gasteiger partial charge in [0.1, 0.15) is 18.1 Å². The number of nitrogens with one attached hydrogen (secondary N) is 1. The third kappa shape index (κ3) is 4.69. The van der Waals surface area contributed by atoms with E-state index < -0.39 is 0 Å². The Kier molecular flexibility index (Phi) is 6.62. The Bertz CT molecular complexity index is 383. The summed E-state index contributed by atoms with van der Waals surface area (Å²) in [7, 11) is 1.63. The summed E-state index contributed by atoms with van der Waals surface area (Å²) >= 11 is 6.86. The van der Waals surface area contributed by atoms with E-state index in [2.05, 4.69) is 43.8 Å². The van der Waals surface area contributed by atoms with Gasteiger partial charge in [0.25, 0.3) is 0 Å². The zero-order valence-electron chi connectivity index (χ0n) is 9.63. The van der Waals surface area contributed by atoms with Crippen molar-refractivity contribution in [3.05, 3.63) is 33.7 Å². The predicted molar refractivity (Wildman–Crippen MR) is 77.0 cm³/mol. The van der Waals surface area contributed by atoms with Crippen LogP contribution in [-0.2, 0) is 0 Å². The Morgan fingerprint density at radius 1 is 1.29 bits per heavy atom. The van der Waals surface area contributed by atoms with E-state index in [1.54, 1.807) is 7.11 Å². The molecule has 0 heterocycles. The smallest absolute Gasteiger partial charge is 0.134 e. The van der Waals surface area contributed by atoms with E-state index >= 15 is 0 Å². The molecule has 1 aromatic rings. The SMILES string of the molecule is C=CCNCCOc1cc(Br)c(OC)cc1Br. The number of halogens is 2. The molecule has 1 N–H and O–H groups in total. The Morgan fingerprint density at radius 2 is 1.94 bits per heavy atom. The zero-order chi connectivity index (χ0) is 12.7. The van der Waals surface area contributed by atoms with E-state index in [9.17, 15) is 0 Å². The molecule has 0 saturated carbocycles. The Labute approximate surface area is 118 Å². The van der Waals surface area contributed by atoms with Crippen molar-refractivity contribution in [1.29, 1.82) is 0 Å². The lowest BCUT2D eigenvalue weighted by atomic mass is 10.3. The Hall–Kier alpha value is -0.520. The highest BCUT2D eigenvalue weighted by molar-refractivity contribution is 9.11. The molecule has 5 heteroatoms. The van der Waals surface area contributed by atoms with E-state index in [0.29, 0.717) is 6.61 Å². The van der Waals surface area contributed by atoms with Gasteiger partial charge < -0.3 is 14.8 Å². The van der Waals surface area contributed by atoms with Crippen LogP contribution >= 0.6 is 31.9 Å². The van der Waals surface area contributed by atoms with Crippen LogP contribution in [0.4, 0.5) is 0 Å². The van der Waals surface area contributed by atoms with Gasteiger partial charge in [-0.25, -0.2) is 0 Å². The van der Waals surface area contributed by atoms with Crippen molar-refractivity contribution in [2.24, 2.45) is 0 Å². The van der Waals surface area contributed by atoms with Gasteiger partial charge in [0, 0.05) is 13.1 Å². The van der Waals surface area contributed by atoms with Gasteiger partial charge in [0.2, 0.25) is 0 Å². The molecule has 0 atom stereocenters. The molecule has 94 valence electrons. The van der Waals surface area contributed by atoms with E-state index in [1.165, 1.54) is 0 Å². The fourth-order valence-corrected chi connectivity index (χ4v) is 2.14. The van der Waals surface area contributed by atoms with E-state index in [-0.39, 0.29) is 0 Å². The van der Waals surface area contributed by atoms with E-state index in [4.69, 9.17) is 9.47 Å². The molecule has 0 radical (unpaired) electrons. The molecule has 17 heavy (non-hydrogen) atoms. The maximum Gasteiger partial charge on any atom is 0.134 e. The lowest BCUT2D eigenvalue weighted by Gasteiger charge is -2.11. The topological polar surface area (TPSA) is 30.5 Å². The van der Waals surface area contributed by atoms with Crippen LogP contribution in [0.25, 0.3) is 0 Å². The fraction of sp³-hybridized carbons (Fsp3) is 0.333. The second-order valence-electron chi connectivity index (χ2n) is 3.26. The number of methoxy groups -OCH3 is 1. The van der Waals surface area contributed by atoms with Crippen molar-refractivity contribution in [3.63, 3.8) is 0 Å². The molecule has 0 amide bonds. The molecule has 0 aromatic heterocycles. The lowest BCUT2D eigenvalue weighted by molar-refractivity contribution is 0.313. The molecule has 0 aliphatic heterocycles. The minimum atomic E-state index is 0.602. The molecule has 0 fully saturated rings. The maximum atomic E-state index is 5.63. The van der Waals surface area contributed by atoms with Gasteiger partial charge in [-0.2, -0.15) is 0 Å². The van der Waals surface area contributed by atoms with Crippen molar-refractivity contribution in [3.8, 4) is 11.5 Å². The van der Waals surface area contributed by atoms with Gasteiger partial charge in [-0.15, -0.1) is 6.58 Å². The Morgan fingerprint density at radius 3 is 2.59 bits per heavy atom. The molecule has 0 spiro atoms. The third-order valence-corrected chi connectivity index (χ3v) is 3.27. The maximum absolute atomic E-state index is 5.63. The highest BCUT2D eigenvalue weighted by Gasteiger charge is 2.07. The molecule has 3 nitrogen and oxygen atoms in total. The van der Waals surface area contributed by atoms with Crippen LogP contribution in [0.5, 0.6) is 11.5 Å². The van der Waals surface area contributed by atoms with Gasteiger partial charge in [0.15, 0.2) is 0 Å². The summed E-state index contributed by atoms with van der Waals surface area (Å²) in [5.41, 5.74) is 0. The van der Waals surface area contributed by atoms with Gasteiger partial charge in [-0.1, -0.05) is 6.08 Å². The second-order valence-corrected chi connectivity index (χ2v) is 4.97. The molecule has 0 bridgehead atoms. The van der Waals surface area contributed by atoms with E-state index in [0.717, 1.165) is 33.5 Å². The van der Waals surface area contributed by atoms with Crippen molar-refractivity contribution in [2.45, 2.75) is 0 Å². The summed E-state index contributed by atoms with van der Waals surface area (Å²) in [6.45, 7) is 5.80. The summed E-state index contributed by atoms with van der Waals surface area (Å²) in [5.74, 6) is 1.56. The quantitative estimate of drug-likeness (QED) is 0.594. The summed E-state index contributed by atoms with van der Waals surface area (Å²) < 4.78 is 12.6. The molecule has 1 rings (SSSR count). The van der Waals surface area contributed by atoms with Crippen molar-refractivity contribution in [2.75, 3.05) is 26.8 Å².